The summed E-state index contributed by atoms with van der Waals surface area (Å²) in [7, 11) is 0. The highest BCUT2D eigenvalue weighted by atomic mass is 16.5. The monoisotopic (exact) mass is 319 g/mol. The Morgan fingerprint density at radius 1 is 1.26 bits per heavy atom. The first-order chi connectivity index (χ1) is 11.2. The van der Waals surface area contributed by atoms with Gasteiger partial charge in [-0.05, 0) is 44.5 Å². The Balaban J connectivity index is 1.89. The Kier molecular flexibility index (Phi) is 6.86. The number of ether oxygens (including phenoxy) is 1. The lowest BCUT2D eigenvalue weighted by molar-refractivity contribution is -0.140. The normalized spacial score (nSPS) is 17.1. The van der Waals surface area contributed by atoms with Gasteiger partial charge in [0, 0.05) is 26.2 Å². The fourth-order valence-electron chi connectivity index (χ4n) is 2.86. The summed E-state index contributed by atoms with van der Waals surface area (Å²) < 4.78 is 5.98. The van der Waals surface area contributed by atoms with Crippen LogP contribution >= 0.6 is 0 Å². The summed E-state index contributed by atoms with van der Waals surface area (Å²) in [6.07, 6.45) is 1.30. The molecule has 1 aliphatic rings. The number of carbonyl (C=O) groups is 1. The first-order valence-electron chi connectivity index (χ1n) is 8.59. The molecule has 0 radical (unpaired) electrons. The molecule has 1 aromatic rings. The molecule has 0 saturated carbocycles. The van der Waals surface area contributed by atoms with Crippen molar-refractivity contribution < 1.29 is 9.53 Å². The lowest BCUT2D eigenvalue weighted by Crippen LogP contribution is -2.52. The van der Waals surface area contributed by atoms with Crippen LogP contribution in [0.5, 0.6) is 5.75 Å². The number of para-hydroxylation sites is 1. The standard InChI is InChI=1S/C18H29N3O2/c1-3-16(23-17-8-5-4-7-15(17)2)18(22)21-13-11-20(12-14-21)10-6-9-19/h4-5,7-8,16H,3,6,9-14,19H2,1-2H3. The quantitative estimate of drug-likeness (QED) is 0.830. The topological polar surface area (TPSA) is 58.8 Å². The molecular formula is C18H29N3O2. The van der Waals surface area contributed by atoms with Crippen LogP contribution in [-0.2, 0) is 4.79 Å². The number of rotatable bonds is 7. The van der Waals surface area contributed by atoms with Gasteiger partial charge in [0.15, 0.2) is 6.10 Å². The summed E-state index contributed by atoms with van der Waals surface area (Å²) in [5.41, 5.74) is 6.62. The van der Waals surface area contributed by atoms with Gasteiger partial charge in [-0.25, -0.2) is 0 Å². The molecule has 0 aromatic heterocycles. The van der Waals surface area contributed by atoms with E-state index in [9.17, 15) is 4.79 Å². The molecule has 2 rings (SSSR count). The predicted molar refractivity (Wildman–Crippen MR) is 92.6 cm³/mol. The zero-order chi connectivity index (χ0) is 16.7. The zero-order valence-electron chi connectivity index (χ0n) is 14.3. The highest BCUT2D eigenvalue weighted by Crippen LogP contribution is 2.20. The van der Waals surface area contributed by atoms with Crippen molar-refractivity contribution in [2.45, 2.75) is 32.8 Å². The van der Waals surface area contributed by atoms with Gasteiger partial charge >= 0.3 is 0 Å². The predicted octanol–water partition coefficient (Wildman–Crippen LogP) is 1.65. The van der Waals surface area contributed by atoms with Crippen molar-refractivity contribution in [3.63, 3.8) is 0 Å². The van der Waals surface area contributed by atoms with Gasteiger partial charge in [-0.1, -0.05) is 25.1 Å². The van der Waals surface area contributed by atoms with Gasteiger partial charge in [-0.15, -0.1) is 0 Å². The molecule has 1 fully saturated rings. The SMILES string of the molecule is CCC(Oc1ccccc1C)C(=O)N1CCN(CCCN)CC1. The molecule has 1 aliphatic heterocycles. The van der Waals surface area contributed by atoms with Gasteiger partial charge < -0.3 is 15.4 Å². The van der Waals surface area contributed by atoms with E-state index in [1.54, 1.807) is 0 Å². The molecule has 5 nitrogen and oxygen atoms in total. The summed E-state index contributed by atoms with van der Waals surface area (Å²) in [5, 5.41) is 0. The molecule has 5 heteroatoms. The minimum Gasteiger partial charge on any atom is -0.480 e. The smallest absolute Gasteiger partial charge is 0.263 e. The molecule has 0 bridgehead atoms. The molecule has 2 N–H and O–H groups in total. The lowest BCUT2D eigenvalue weighted by Gasteiger charge is -2.36. The minimum absolute atomic E-state index is 0.106. The first-order valence-corrected chi connectivity index (χ1v) is 8.59. The van der Waals surface area contributed by atoms with E-state index in [1.807, 2.05) is 43.0 Å². The molecule has 128 valence electrons. The van der Waals surface area contributed by atoms with Crippen LogP contribution in [0.1, 0.15) is 25.3 Å². The number of amides is 1. The molecule has 1 heterocycles. The van der Waals surface area contributed by atoms with Gasteiger partial charge in [-0.3, -0.25) is 9.69 Å². The number of nitrogens with two attached hydrogens (primary N) is 1. The fraction of sp³-hybridized carbons (Fsp3) is 0.611. The van der Waals surface area contributed by atoms with E-state index >= 15 is 0 Å². The average molecular weight is 319 g/mol. The van der Waals surface area contributed by atoms with E-state index in [0.29, 0.717) is 6.42 Å². The number of piperazine rings is 1. The third-order valence-corrected chi connectivity index (χ3v) is 4.37. The molecule has 23 heavy (non-hydrogen) atoms. The molecule has 1 saturated heterocycles. The fourth-order valence-corrected chi connectivity index (χ4v) is 2.86. The molecular weight excluding hydrogens is 290 g/mol. The summed E-state index contributed by atoms with van der Waals surface area (Å²) in [6.45, 7) is 9.14. The van der Waals surface area contributed by atoms with Crippen LogP contribution in [-0.4, -0.2) is 61.1 Å². The van der Waals surface area contributed by atoms with Gasteiger partial charge in [0.05, 0.1) is 0 Å². The summed E-state index contributed by atoms with van der Waals surface area (Å²) >= 11 is 0. The van der Waals surface area contributed by atoms with Crippen LogP contribution in [0.2, 0.25) is 0 Å². The first kappa shape index (κ1) is 17.8. The van der Waals surface area contributed by atoms with Crippen molar-refractivity contribution in [2.75, 3.05) is 39.3 Å². The number of hydrogen-bond donors (Lipinski definition) is 1. The number of aryl methyl sites for hydroxylation is 1. The molecule has 0 spiro atoms. The number of benzene rings is 1. The molecule has 1 unspecified atom stereocenters. The van der Waals surface area contributed by atoms with Crippen LogP contribution in [0.4, 0.5) is 0 Å². The average Bonchev–Trinajstić information content (AvgIpc) is 2.59. The van der Waals surface area contributed by atoms with Crippen molar-refractivity contribution in [3.05, 3.63) is 29.8 Å². The van der Waals surface area contributed by atoms with Crippen molar-refractivity contribution in [3.8, 4) is 5.75 Å². The third kappa shape index (κ3) is 4.94. The highest BCUT2D eigenvalue weighted by molar-refractivity contribution is 5.81. The lowest BCUT2D eigenvalue weighted by atomic mass is 10.2. The molecule has 1 aromatic carbocycles. The van der Waals surface area contributed by atoms with Crippen LogP contribution in [0.3, 0.4) is 0 Å². The second kappa shape index (κ2) is 8.89. The van der Waals surface area contributed by atoms with Gasteiger partial charge in [0.1, 0.15) is 5.75 Å². The highest BCUT2D eigenvalue weighted by Gasteiger charge is 2.27. The van der Waals surface area contributed by atoms with E-state index in [4.69, 9.17) is 10.5 Å². The Morgan fingerprint density at radius 3 is 2.57 bits per heavy atom. The molecule has 0 aliphatic carbocycles. The Hall–Kier alpha value is -1.59. The number of carbonyl (C=O) groups excluding carboxylic acids is 1. The van der Waals surface area contributed by atoms with E-state index in [2.05, 4.69) is 4.90 Å². The minimum atomic E-state index is -0.397. The summed E-state index contributed by atoms with van der Waals surface area (Å²) in [5.74, 6) is 0.906. The van der Waals surface area contributed by atoms with Crippen LogP contribution in [0.15, 0.2) is 24.3 Å². The van der Waals surface area contributed by atoms with E-state index in [0.717, 1.165) is 57.0 Å². The number of nitrogens with zero attached hydrogens (tertiary/aromatic N) is 2. The van der Waals surface area contributed by atoms with Crippen LogP contribution in [0.25, 0.3) is 0 Å². The third-order valence-electron chi connectivity index (χ3n) is 4.37. The van der Waals surface area contributed by atoms with Crippen LogP contribution < -0.4 is 10.5 Å². The molecule has 1 atom stereocenters. The maximum atomic E-state index is 12.7. The maximum absolute atomic E-state index is 12.7. The van der Waals surface area contributed by atoms with Crippen molar-refractivity contribution in [1.29, 1.82) is 0 Å². The summed E-state index contributed by atoms with van der Waals surface area (Å²) in [4.78, 5) is 17.0. The second-order valence-corrected chi connectivity index (χ2v) is 6.09. The van der Waals surface area contributed by atoms with Crippen molar-refractivity contribution in [2.24, 2.45) is 5.73 Å². The largest absolute Gasteiger partial charge is 0.480 e. The van der Waals surface area contributed by atoms with E-state index < -0.39 is 6.10 Å². The molecule has 1 amide bonds. The Morgan fingerprint density at radius 2 is 1.96 bits per heavy atom. The van der Waals surface area contributed by atoms with Gasteiger partial charge in [-0.2, -0.15) is 0 Å². The van der Waals surface area contributed by atoms with Crippen LogP contribution in [0, 0.1) is 6.92 Å². The summed E-state index contributed by atoms with van der Waals surface area (Å²) in [6, 6.07) is 7.85. The van der Waals surface area contributed by atoms with E-state index in [1.165, 1.54) is 0 Å². The van der Waals surface area contributed by atoms with Crippen molar-refractivity contribution in [1.82, 2.24) is 9.80 Å². The van der Waals surface area contributed by atoms with Gasteiger partial charge in [0.25, 0.3) is 5.91 Å². The Labute approximate surface area is 139 Å². The van der Waals surface area contributed by atoms with E-state index in [-0.39, 0.29) is 5.91 Å². The van der Waals surface area contributed by atoms with Crippen molar-refractivity contribution >= 4 is 5.91 Å². The maximum Gasteiger partial charge on any atom is 0.263 e. The Bertz CT molecular complexity index is 499. The van der Waals surface area contributed by atoms with Gasteiger partial charge in [0.2, 0.25) is 0 Å². The second-order valence-electron chi connectivity index (χ2n) is 6.09. The number of hydrogen-bond acceptors (Lipinski definition) is 4. The zero-order valence-corrected chi connectivity index (χ0v) is 14.3.